The van der Waals surface area contributed by atoms with Crippen molar-refractivity contribution in [2.45, 2.75) is 19.4 Å². The van der Waals surface area contributed by atoms with Gasteiger partial charge in [0.15, 0.2) is 0 Å². The second kappa shape index (κ2) is 4.99. The van der Waals surface area contributed by atoms with Crippen LogP contribution < -0.4 is 4.74 Å². The number of likely N-dealkylation sites (N-methyl/N-ethyl adjacent to an activating group) is 1. The van der Waals surface area contributed by atoms with Crippen LogP contribution in [0.3, 0.4) is 0 Å². The minimum atomic E-state index is -0.809. The van der Waals surface area contributed by atoms with Gasteiger partial charge in [0.25, 0.3) is 5.91 Å². The van der Waals surface area contributed by atoms with Gasteiger partial charge in [0.05, 0.1) is 12.6 Å². The smallest absolute Gasteiger partial charge is 0.254 e. The lowest BCUT2D eigenvalue weighted by molar-refractivity contribution is -0.115. The van der Waals surface area contributed by atoms with E-state index in [0.29, 0.717) is 11.3 Å². The van der Waals surface area contributed by atoms with E-state index in [9.17, 15) is 9.59 Å². The van der Waals surface area contributed by atoms with Crippen LogP contribution in [0.15, 0.2) is 24.3 Å². The van der Waals surface area contributed by atoms with Crippen molar-refractivity contribution in [1.82, 2.24) is 4.90 Å². The van der Waals surface area contributed by atoms with Crippen LogP contribution in [0, 0.1) is 0 Å². The van der Waals surface area contributed by atoms with Gasteiger partial charge in [-0.2, -0.15) is 0 Å². The first-order chi connectivity index (χ1) is 7.92. The zero-order valence-electron chi connectivity index (χ0n) is 10.6. The normalized spacial score (nSPS) is 10.8. The maximum absolute atomic E-state index is 12.1. The number of aldehydes is 1. The van der Waals surface area contributed by atoms with Crippen molar-refractivity contribution in [3.63, 3.8) is 0 Å². The predicted octanol–water partition coefficient (Wildman–Crippen LogP) is 1.74. The molecule has 0 unspecified atom stereocenters. The molecule has 0 fully saturated rings. The quantitative estimate of drug-likeness (QED) is 0.747. The number of methoxy groups -OCH3 is 1. The summed E-state index contributed by atoms with van der Waals surface area (Å²) >= 11 is 0. The Morgan fingerprint density at radius 2 is 1.82 bits per heavy atom. The molecular weight excluding hydrogens is 218 g/mol. The summed E-state index contributed by atoms with van der Waals surface area (Å²) in [6.45, 7) is 3.39. The predicted molar refractivity (Wildman–Crippen MR) is 65.2 cm³/mol. The number of hydrogen-bond donors (Lipinski definition) is 0. The Balaban J connectivity index is 2.92. The topological polar surface area (TPSA) is 46.6 Å². The summed E-state index contributed by atoms with van der Waals surface area (Å²) in [7, 11) is 3.18. The number of ether oxygens (including phenoxy) is 1. The average Bonchev–Trinajstić information content (AvgIpc) is 2.37. The highest BCUT2D eigenvalue weighted by Crippen LogP contribution is 2.16. The van der Waals surface area contributed by atoms with Gasteiger partial charge < -0.3 is 14.4 Å². The van der Waals surface area contributed by atoms with Crippen molar-refractivity contribution in [3.05, 3.63) is 29.8 Å². The monoisotopic (exact) mass is 235 g/mol. The van der Waals surface area contributed by atoms with Crippen LogP contribution in [0.1, 0.15) is 24.2 Å². The van der Waals surface area contributed by atoms with Crippen molar-refractivity contribution in [1.29, 1.82) is 0 Å². The van der Waals surface area contributed by atoms with Gasteiger partial charge >= 0.3 is 0 Å². The van der Waals surface area contributed by atoms with Crippen molar-refractivity contribution >= 4 is 12.2 Å². The number of carbonyl (C=O) groups is 2. The van der Waals surface area contributed by atoms with E-state index in [4.69, 9.17) is 4.74 Å². The molecular formula is C13H17NO3. The first-order valence-corrected chi connectivity index (χ1v) is 5.31. The van der Waals surface area contributed by atoms with Gasteiger partial charge in [-0.3, -0.25) is 4.79 Å². The molecule has 0 aliphatic heterocycles. The molecule has 1 aromatic carbocycles. The Morgan fingerprint density at radius 1 is 1.29 bits per heavy atom. The highest BCUT2D eigenvalue weighted by molar-refractivity contribution is 5.96. The Bertz CT molecular complexity index is 409. The first kappa shape index (κ1) is 13.2. The summed E-state index contributed by atoms with van der Waals surface area (Å²) in [5.74, 6) is 0.503. The van der Waals surface area contributed by atoms with E-state index in [1.54, 1.807) is 52.3 Å². The van der Waals surface area contributed by atoms with E-state index >= 15 is 0 Å². The van der Waals surface area contributed by atoms with Gasteiger partial charge in [-0.1, -0.05) is 0 Å². The van der Waals surface area contributed by atoms with Gasteiger partial charge in [-0.15, -0.1) is 0 Å². The zero-order valence-corrected chi connectivity index (χ0v) is 10.6. The Morgan fingerprint density at radius 3 is 2.24 bits per heavy atom. The Labute approximate surface area is 101 Å². The molecule has 0 N–H and O–H groups in total. The van der Waals surface area contributed by atoms with Gasteiger partial charge in [-0.05, 0) is 38.1 Å². The Hall–Kier alpha value is -1.84. The van der Waals surface area contributed by atoms with E-state index < -0.39 is 5.54 Å². The molecule has 0 aromatic heterocycles. The molecule has 1 rings (SSSR count). The molecule has 0 radical (unpaired) electrons. The van der Waals surface area contributed by atoms with E-state index in [1.165, 1.54) is 4.90 Å². The molecule has 17 heavy (non-hydrogen) atoms. The molecule has 0 aliphatic rings. The van der Waals surface area contributed by atoms with Crippen LogP contribution in [0.2, 0.25) is 0 Å². The average molecular weight is 235 g/mol. The third-order valence-electron chi connectivity index (χ3n) is 2.79. The van der Waals surface area contributed by atoms with Crippen molar-refractivity contribution in [2.75, 3.05) is 14.2 Å². The number of nitrogens with zero attached hydrogens (tertiary/aromatic N) is 1. The summed E-state index contributed by atoms with van der Waals surface area (Å²) in [6, 6.07) is 6.79. The molecule has 4 heteroatoms. The van der Waals surface area contributed by atoms with Gasteiger partial charge in [0.1, 0.15) is 12.0 Å². The van der Waals surface area contributed by atoms with E-state index in [1.807, 2.05) is 0 Å². The summed E-state index contributed by atoms with van der Waals surface area (Å²) in [6.07, 6.45) is 0.758. The summed E-state index contributed by atoms with van der Waals surface area (Å²) in [4.78, 5) is 24.4. The number of amides is 1. The molecule has 0 heterocycles. The molecule has 0 saturated heterocycles. The van der Waals surface area contributed by atoms with Crippen LogP contribution in [-0.2, 0) is 4.79 Å². The highest BCUT2D eigenvalue weighted by atomic mass is 16.5. The minimum absolute atomic E-state index is 0.190. The largest absolute Gasteiger partial charge is 0.497 e. The molecule has 0 aliphatic carbocycles. The molecule has 1 aromatic rings. The third kappa shape index (κ3) is 2.84. The molecule has 0 saturated carbocycles. The SMILES string of the molecule is COc1ccc(C(=O)N(C)C(C)(C)C=O)cc1. The maximum Gasteiger partial charge on any atom is 0.254 e. The molecule has 1 amide bonds. The van der Waals surface area contributed by atoms with Crippen LogP contribution in [0.4, 0.5) is 0 Å². The van der Waals surface area contributed by atoms with Crippen LogP contribution >= 0.6 is 0 Å². The second-order valence-electron chi connectivity index (χ2n) is 4.36. The zero-order chi connectivity index (χ0) is 13.1. The number of benzene rings is 1. The standard InChI is InChI=1S/C13H17NO3/c1-13(2,9-15)14(3)12(16)10-5-7-11(17-4)8-6-10/h5-9H,1-4H3. The van der Waals surface area contributed by atoms with Crippen molar-refractivity contribution < 1.29 is 14.3 Å². The van der Waals surface area contributed by atoms with E-state index in [-0.39, 0.29) is 5.91 Å². The summed E-state index contributed by atoms with van der Waals surface area (Å²) < 4.78 is 5.02. The maximum atomic E-state index is 12.1. The van der Waals surface area contributed by atoms with Gasteiger partial charge in [0.2, 0.25) is 0 Å². The van der Waals surface area contributed by atoms with Crippen LogP contribution in [-0.4, -0.2) is 36.8 Å². The highest BCUT2D eigenvalue weighted by Gasteiger charge is 2.27. The summed E-state index contributed by atoms with van der Waals surface area (Å²) in [5, 5.41) is 0. The lowest BCUT2D eigenvalue weighted by Gasteiger charge is -2.30. The number of hydrogen-bond acceptors (Lipinski definition) is 3. The van der Waals surface area contributed by atoms with Crippen molar-refractivity contribution in [2.24, 2.45) is 0 Å². The van der Waals surface area contributed by atoms with Gasteiger partial charge in [0, 0.05) is 12.6 Å². The fourth-order valence-electron chi connectivity index (χ4n) is 1.27. The third-order valence-corrected chi connectivity index (χ3v) is 2.79. The fourth-order valence-corrected chi connectivity index (χ4v) is 1.27. The van der Waals surface area contributed by atoms with E-state index in [2.05, 4.69) is 0 Å². The molecule has 92 valence electrons. The summed E-state index contributed by atoms with van der Waals surface area (Å²) in [5.41, 5.74) is -0.278. The number of rotatable bonds is 4. The lowest BCUT2D eigenvalue weighted by atomic mass is 10.0. The lowest BCUT2D eigenvalue weighted by Crippen LogP contribution is -2.46. The van der Waals surface area contributed by atoms with Crippen LogP contribution in [0.25, 0.3) is 0 Å². The minimum Gasteiger partial charge on any atom is -0.497 e. The fraction of sp³-hybridized carbons (Fsp3) is 0.385. The number of carbonyl (C=O) groups excluding carboxylic acids is 2. The Kier molecular flexibility index (Phi) is 3.89. The van der Waals surface area contributed by atoms with Crippen molar-refractivity contribution in [3.8, 4) is 5.75 Å². The first-order valence-electron chi connectivity index (χ1n) is 5.31. The van der Waals surface area contributed by atoms with Crippen LogP contribution in [0.5, 0.6) is 5.75 Å². The van der Waals surface area contributed by atoms with E-state index in [0.717, 1.165) is 6.29 Å². The molecule has 0 bridgehead atoms. The molecule has 0 spiro atoms. The molecule has 4 nitrogen and oxygen atoms in total. The second-order valence-corrected chi connectivity index (χ2v) is 4.36. The van der Waals surface area contributed by atoms with Gasteiger partial charge in [-0.25, -0.2) is 0 Å². The molecule has 0 atom stereocenters.